The number of rotatable bonds is 6. The summed E-state index contributed by atoms with van der Waals surface area (Å²) in [6.07, 6.45) is -9.32. The lowest BCUT2D eigenvalue weighted by atomic mass is 9.84. The van der Waals surface area contributed by atoms with E-state index in [-0.39, 0.29) is 12.2 Å². The van der Waals surface area contributed by atoms with E-state index in [0.29, 0.717) is 0 Å². The van der Waals surface area contributed by atoms with Gasteiger partial charge in [-0.05, 0) is 19.4 Å². The quantitative estimate of drug-likeness (QED) is 0.184. The van der Waals surface area contributed by atoms with Crippen molar-refractivity contribution in [2.24, 2.45) is 22.9 Å². The molecule has 2 heterocycles. The fourth-order valence-corrected chi connectivity index (χ4v) is 4.07. The molecule has 0 spiro atoms. The lowest BCUT2D eigenvalue weighted by Crippen LogP contribution is -2.65. The second kappa shape index (κ2) is 9.91. The van der Waals surface area contributed by atoms with Crippen molar-refractivity contribution in [1.82, 2.24) is 0 Å². The molecule has 0 bridgehead atoms. The van der Waals surface area contributed by atoms with Gasteiger partial charge in [-0.25, -0.2) is 0 Å². The van der Waals surface area contributed by atoms with Gasteiger partial charge in [-0.15, -0.1) is 0 Å². The first-order valence-corrected chi connectivity index (χ1v) is 10.2. The zero-order valence-electron chi connectivity index (χ0n) is 17.2. The van der Waals surface area contributed by atoms with E-state index in [1.807, 2.05) is 0 Å². The third-order valence-corrected chi connectivity index (χ3v) is 5.91. The highest BCUT2D eigenvalue weighted by atomic mass is 16.7. The summed E-state index contributed by atoms with van der Waals surface area (Å²) in [6.45, 7) is 1.13. The molecule has 0 aromatic heterocycles. The Bertz CT molecular complexity index is 641. The molecular weight excluding hydrogens is 416 g/mol. The van der Waals surface area contributed by atoms with Crippen LogP contribution in [-0.4, -0.2) is 112 Å². The topological polar surface area (TPSA) is 242 Å². The SMILES string of the molecule is C[C@H](N)[C@H]1O[C@@H](OC2C(O)[C@H](N)CC(N)[C@H]2O[C@H]2OC(CO)=CC(O)C2N)C(O)C1O. The Morgan fingerprint density at radius 3 is 2.23 bits per heavy atom. The summed E-state index contributed by atoms with van der Waals surface area (Å²) in [4.78, 5) is 0. The van der Waals surface area contributed by atoms with Gasteiger partial charge in [0.05, 0.1) is 18.2 Å². The molecule has 13 nitrogen and oxygen atoms in total. The minimum absolute atomic E-state index is 0.0655. The van der Waals surface area contributed by atoms with E-state index in [1.165, 1.54) is 6.08 Å². The van der Waals surface area contributed by atoms with Crippen LogP contribution in [0, 0.1) is 0 Å². The summed E-state index contributed by atoms with van der Waals surface area (Å²) in [5, 5.41) is 50.6. The van der Waals surface area contributed by atoms with Gasteiger partial charge in [0, 0.05) is 18.1 Å². The van der Waals surface area contributed by atoms with E-state index in [9.17, 15) is 25.5 Å². The van der Waals surface area contributed by atoms with Crippen LogP contribution in [0.5, 0.6) is 0 Å². The van der Waals surface area contributed by atoms with Crippen LogP contribution in [0.1, 0.15) is 13.3 Å². The van der Waals surface area contributed by atoms with Crippen LogP contribution < -0.4 is 22.9 Å². The second-order valence-corrected chi connectivity index (χ2v) is 8.41. The van der Waals surface area contributed by atoms with Gasteiger partial charge in [-0.3, -0.25) is 0 Å². The van der Waals surface area contributed by atoms with Gasteiger partial charge in [0.25, 0.3) is 0 Å². The lowest BCUT2D eigenvalue weighted by Gasteiger charge is -2.45. The minimum atomic E-state index is -1.43. The molecule has 2 aliphatic heterocycles. The van der Waals surface area contributed by atoms with Gasteiger partial charge in [0.15, 0.2) is 6.29 Å². The van der Waals surface area contributed by atoms with Crippen LogP contribution in [0.15, 0.2) is 11.8 Å². The van der Waals surface area contributed by atoms with Gasteiger partial charge in [-0.1, -0.05) is 0 Å². The summed E-state index contributed by atoms with van der Waals surface area (Å²) in [5.74, 6) is 0.0655. The molecule has 13 N–H and O–H groups in total. The molecule has 0 radical (unpaired) electrons. The summed E-state index contributed by atoms with van der Waals surface area (Å²) < 4.78 is 22.7. The van der Waals surface area contributed by atoms with Crippen LogP contribution in [0.25, 0.3) is 0 Å². The van der Waals surface area contributed by atoms with Crippen LogP contribution in [-0.2, 0) is 18.9 Å². The predicted molar refractivity (Wildman–Crippen MR) is 105 cm³/mol. The highest BCUT2D eigenvalue weighted by molar-refractivity contribution is 5.07. The van der Waals surface area contributed by atoms with Gasteiger partial charge >= 0.3 is 0 Å². The maximum Gasteiger partial charge on any atom is 0.218 e. The van der Waals surface area contributed by atoms with E-state index in [0.717, 1.165) is 0 Å². The molecule has 0 amide bonds. The Balaban J connectivity index is 1.78. The maximum absolute atomic E-state index is 10.7. The van der Waals surface area contributed by atoms with E-state index in [1.54, 1.807) is 6.92 Å². The fraction of sp³-hybridized carbons (Fsp3) is 0.889. The largest absolute Gasteiger partial charge is 0.465 e. The molecule has 31 heavy (non-hydrogen) atoms. The van der Waals surface area contributed by atoms with E-state index < -0.39 is 86.1 Å². The predicted octanol–water partition coefficient (Wildman–Crippen LogP) is -5.11. The molecule has 180 valence electrons. The van der Waals surface area contributed by atoms with Crippen LogP contribution in [0.4, 0.5) is 0 Å². The Kier molecular flexibility index (Phi) is 7.89. The van der Waals surface area contributed by atoms with Crippen molar-refractivity contribution >= 4 is 0 Å². The van der Waals surface area contributed by atoms with Crippen molar-refractivity contribution in [3.63, 3.8) is 0 Å². The van der Waals surface area contributed by atoms with Gasteiger partial charge < -0.3 is 67.4 Å². The highest BCUT2D eigenvalue weighted by Crippen LogP contribution is 2.32. The summed E-state index contributed by atoms with van der Waals surface area (Å²) in [5.41, 5.74) is 23.9. The summed E-state index contributed by atoms with van der Waals surface area (Å²) in [6, 6.07) is -3.09. The fourth-order valence-electron chi connectivity index (χ4n) is 4.07. The second-order valence-electron chi connectivity index (χ2n) is 8.41. The zero-order valence-corrected chi connectivity index (χ0v) is 17.2. The maximum atomic E-state index is 10.7. The Hall–Kier alpha value is -0.940. The Labute approximate surface area is 179 Å². The molecule has 13 atom stereocenters. The molecule has 1 aliphatic carbocycles. The smallest absolute Gasteiger partial charge is 0.218 e. The number of hydrogen-bond acceptors (Lipinski definition) is 13. The number of ether oxygens (including phenoxy) is 4. The number of aliphatic hydroxyl groups is 5. The van der Waals surface area contributed by atoms with Gasteiger partial charge in [0.2, 0.25) is 6.29 Å². The Morgan fingerprint density at radius 1 is 1.00 bits per heavy atom. The average Bonchev–Trinajstić information content (AvgIpc) is 3.00. The van der Waals surface area contributed by atoms with Crippen molar-refractivity contribution in [1.29, 1.82) is 0 Å². The number of nitrogens with two attached hydrogens (primary N) is 4. The van der Waals surface area contributed by atoms with Crippen molar-refractivity contribution in [3.05, 3.63) is 11.8 Å². The molecule has 1 saturated carbocycles. The highest BCUT2D eigenvalue weighted by Gasteiger charge is 2.51. The molecular formula is C18H34N4O9. The third-order valence-electron chi connectivity index (χ3n) is 5.91. The summed E-state index contributed by atoms with van der Waals surface area (Å²) in [7, 11) is 0. The normalized spacial score (nSPS) is 49.4. The Morgan fingerprint density at radius 2 is 1.65 bits per heavy atom. The number of hydrogen-bond donors (Lipinski definition) is 9. The first-order chi connectivity index (χ1) is 14.5. The molecule has 13 heteroatoms. The van der Waals surface area contributed by atoms with E-state index >= 15 is 0 Å². The first-order valence-electron chi connectivity index (χ1n) is 10.2. The standard InChI is InChI=1S/C18H34N4O9/c1-5(19)14-12(26)13(27)18(29-14)31-16-11(25)7(20)3-8(21)15(16)30-17-10(22)9(24)2-6(4-23)28-17/h2,5,7-18,23-27H,3-4,19-22H2,1H3/t5-,7+,8?,9?,10?,11?,12?,13?,14+,15+,16?,17+,18-/m0/s1. The average molecular weight is 450 g/mol. The van der Waals surface area contributed by atoms with E-state index in [2.05, 4.69) is 0 Å². The van der Waals surface area contributed by atoms with E-state index in [4.69, 9.17) is 41.9 Å². The van der Waals surface area contributed by atoms with Gasteiger partial charge in [0.1, 0.15) is 42.9 Å². The molecule has 0 aromatic carbocycles. The summed E-state index contributed by atoms with van der Waals surface area (Å²) >= 11 is 0. The molecule has 3 rings (SSSR count). The lowest BCUT2D eigenvalue weighted by molar-refractivity contribution is -0.275. The van der Waals surface area contributed by atoms with Crippen LogP contribution in [0.2, 0.25) is 0 Å². The number of aliphatic hydroxyl groups excluding tert-OH is 5. The van der Waals surface area contributed by atoms with Crippen molar-refractivity contribution < 1.29 is 44.5 Å². The van der Waals surface area contributed by atoms with Crippen molar-refractivity contribution in [2.75, 3.05) is 6.61 Å². The molecule has 3 aliphatic rings. The molecule has 7 unspecified atom stereocenters. The minimum Gasteiger partial charge on any atom is -0.465 e. The van der Waals surface area contributed by atoms with Crippen molar-refractivity contribution in [2.45, 2.75) is 92.8 Å². The monoisotopic (exact) mass is 450 g/mol. The van der Waals surface area contributed by atoms with Gasteiger partial charge in [-0.2, -0.15) is 0 Å². The molecule has 2 fully saturated rings. The van der Waals surface area contributed by atoms with Crippen LogP contribution in [0.3, 0.4) is 0 Å². The molecule has 1 saturated heterocycles. The van der Waals surface area contributed by atoms with Crippen molar-refractivity contribution in [3.8, 4) is 0 Å². The third kappa shape index (κ3) is 5.03. The molecule has 0 aromatic rings. The zero-order chi connectivity index (χ0) is 23.0. The first kappa shape index (κ1) is 24.7. The van der Waals surface area contributed by atoms with Crippen LogP contribution >= 0.6 is 0 Å².